The first kappa shape index (κ1) is 18.9. The number of hydrogen-bond donors (Lipinski definition) is 1. The highest BCUT2D eigenvalue weighted by molar-refractivity contribution is 6.01. The van der Waals surface area contributed by atoms with Crippen molar-refractivity contribution in [3.05, 3.63) is 71.3 Å². The number of carbonyl (C=O) groups excluding carboxylic acids is 1. The minimum atomic E-state index is -0.505. The van der Waals surface area contributed by atoms with Gasteiger partial charge in [-0.1, -0.05) is 12.1 Å². The fourth-order valence-corrected chi connectivity index (χ4v) is 4.41. The van der Waals surface area contributed by atoms with Gasteiger partial charge in [-0.05, 0) is 85.8 Å². The molecule has 2 aliphatic rings. The minimum Gasteiger partial charge on any atom is -0.454 e. The Morgan fingerprint density at radius 3 is 2.53 bits per heavy atom. The number of oxazole rings is 1. The highest BCUT2D eigenvalue weighted by Crippen LogP contribution is 2.51. The van der Waals surface area contributed by atoms with Crippen LogP contribution in [0.15, 0.2) is 59.0 Å². The second-order valence-corrected chi connectivity index (χ2v) is 8.63. The number of benzene rings is 3. The zero-order valence-electron chi connectivity index (χ0n) is 17.9. The SMILES string of the molecule is Cc1cc(C)c2oc(-c3ccc(NC(=O)C4(c5ccc6c(c5)OCO6)CC4)cc3)nc2c1. The molecule has 0 spiro atoms. The van der Waals surface area contributed by atoms with E-state index >= 15 is 0 Å². The number of nitrogens with zero attached hydrogens (tertiary/aromatic N) is 1. The first-order chi connectivity index (χ1) is 15.5. The number of rotatable bonds is 4. The van der Waals surface area contributed by atoms with Gasteiger partial charge in [0.1, 0.15) is 5.52 Å². The molecule has 1 saturated carbocycles. The van der Waals surface area contributed by atoms with Gasteiger partial charge in [0.25, 0.3) is 0 Å². The van der Waals surface area contributed by atoms with Crippen LogP contribution in [0.25, 0.3) is 22.6 Å². The van der Waals surface area contributed by atoms with Crippen LogP contribution in [0.5, 0.6) is 11.5 Å². The number of aromatic nitrogens is 1. The third kappa shape index (κ3) is 3.02. The average Bonchev–Trinajstić information content (AvgIpc) is 3.27. The lowest BCUT2D eigenvalue weighted by Gasteiger charge is -2.16. The van der Waals surface area contributed by atoms with Gasteiger partial charge in [0, 0.05) is 11.3 Å². The molecule has 1 aliphatic carbocycles. The lowest BCUT2D eigenvalue weighted by molar-refractivity contribution is -0.118. The van der Waals surface area contributed by atoms with Crippen molar-refractivity contribution in [1.82, 2.24) is 4.98 Å². The van der Waals surface area contributed by atoms with Crippen molar-refractivity contribution >= 4 is 22.7 Å². The fourth-order valence-electron chi connectivity index (χ4n) is 4.41. The summed E-state index contributed by atoms with van der Waals surface area (Å²) in [5.41, 5.74) is 5.96. The number of carbonyl (C=O) groups is 1. The number of amides is 1. The normalized spacial score (nSPS) is 15.7. The Hall–Kier alpha value is -3.80. The molecule has 2 heterocycles. The van der Waals surface area contributed by atoms with Crippen LogP contribution in [0.1, 0.15) is 29.5 Å². The Bertz CT molecular complexity index is 1370. The molecule has 0 radical (unpaired) electrons. The fraction of sp³-hybridized carbons (Fsp3) is 0.231. The number of aryl methyl sites for hydroxylation is 2. The number of nitrogens with one attached hydrogen (secondary N) is 1. The van der Waals surface area contributed by atoms with E-state index in [4.69, 9.17) is 13.9 Å². The molecule has 6 rings (SSSR count). The molecule has 32 heavy (non-hydrogen) atoms. The Morgan fingerprint density at radius 2 is 1.75 bits per heavy atom. The molecule has 1 amide bonds. The lowest BCUT2D eigenvalue weighted by atomic mass is 9.94. The van der Waals surface area contributed by atoms with E-state index in [1.54, 1.807) is 0 Å². The number of anilines is 1. The lowest BCUT2D eigenvalue weighted by Crippen LogP contribution is -2.27. The highest BCUT2D eigenvalue weighted by Gasteiger charge is 2.51. The molecule has 3 aromatic carbocycles. The van der Waals surface area contributed by atoms with E-state index in [1.165, 1.54) is 0 Å². The summed E-state index contributed by atoms with van der Waals surface area (Å²) in [5, 5.41) is 3.07. The highest BCUT2D eigenvalue weighted by atomic mass is 16.7. The molecular weight excluding hydrogens is 404 g/mol. The second-order valence-electron chi connectivity index (χ2n) is 8.63. The molecule has 1 aliphatic heterocycles. The van der Waals surface area contributed by atoms with Gasteiger partial charge in [0.2, 0.25) is 18.6 Å². The van der Waals surface area contributed by atoms with E-state index in [-0.39, 0.29) is 12.7 Å². The van der Waals surface area contributed by atoms with Crippen molar-refractivity contribution in [3.63, 3.8) is 0 Å². The first-order valence-electron chi connectivity index (χ1n) is 10.7. The van der Waals surface area contributed by atoms with Crippen LogP contribution in [-0.4, -0.2) is 17.7 Å². The molecule has 0 atom stereocenters. The quantitative estimate of drug-likeness (QED) is 0.466. The summed E-state index contributed by atoms with van der Waals surface area (Å²) >= 11 is 0. The van der Waals surface area contributed by atoms with Crippen LogP contribution >= 0.6 is 0 Å². The summed E-state index contributed by atoms with van der Waals surface area (Å²) < 4.78 is 16.9. The molecule has 6 heteroatoms. The van der Waals surface area contributed by atoms with E-state index in [0.717, 1.165) is 57.6 Å². The average molecular weight is 426 g/mol. The van der Waals surface area contributed by atoms with Crippen LogP contribution in [0.3, 0.4) is 0 Å². The van der Waals surface area contributed by atoms with Crippen molar-refractivity contribution < 1.29 is 18.7 Å². The predicted molar refractivity (Wildman–Crippen MR) is 121 cm³/mol. The molecular formula is C26H22N2O4. The van der Waals surface area contributed by atoms with Crippen molar-refractivity contribution in [2.24, 2.45) is 0 Å². The molecule has 1 N–H and O–H groups in total. The molecule has 1 aromatic heterocycles. The Labute approximate surface area is 185 Å². The summed E-state index contributed by atoms with van der Waals surface area (Å²) in [6, 6.07) is 17.5. The summed E-state index contributed by atoms with van der Waals surface area (Å²) in [6.45, 7) is 4.30. The van der Waals surface area contributed by atoms with Crippen molar-refractivity contribution in [2.45, 2.75) is 32.1 Å². The molecule has 6 nitrogen and oxygen atoms in total. The third-order valence-corrected chi connectivity index (χ3v) is 6.32. The van der Waals surface area contributed by atoms with E-state index in [9.17, 15) is 4.79 Å². The minimum absolute atomic E-state index is 0.00271. The zero-order valence-corrected chi connectivity index (χ0v) is 17.9. The largest absolute Gasteiger partial charge is 0.454 e. The predicted octanol–water partition coefficient (Wildman–Crippen LogP) is 5.51. The Balaban J connectivity index is 1.22. The summed E-state index contributed by atoms with van der Waals surface area (Å²) in [7, 11) is 0. The van der Waals surface area contributed by atoms with Crippen molar-refractivity contribution in [2.75, 3.05) is 12.1 Å². The van der Waals surface area contributed by atoms with Gasteiger partial charge in [-0.25, -0.2) is 4.98 Å². The molecule has 4 aromatic rings. The molecule has 160 valence electrons. The summed E-state index contributed by atoms with van der Waals surface area (Å²) in [5.74, 6) is 2.00. The smallest absolute Gasteiger partial charge is 0.235 e. The second kappa shape index (κ2) is 6.85. The maximum atomic E-state index is 13.1. The number of hydrogen-bond acceptors (Lipinski definition) is 5. The third-order valence-electron chi connectivity index (χ3n) is 6.32. The molecule has 0 saturated heterocycles. The van der Waals surface area contributed by atoms with E-state index in [1.807, 2.05) is 55.5 Å². The van der Waals surface area contributed by atoms with Crippen LogP contribution < -0.4 is 14.8 Å². The van der Waals surface area contributed by atoms with Crippen LogP contribution in [-0.2, 0) is 10.2 Å². The van der Waals surface area contributed by atoms with E-state index in [0.29, 0.717) is 11.6 Å². The van der Waals surface area contributed by atoms with Crippen LogP contribution in [0, 0.1) is 13.8 Å². The van der Waals surface area contributed by atoms with Gasteiger partial charge in [-0.3, -0.25) is 4.79 Å². The Morgan fingerprint density at radius 1 is 0.969 bits per heavy atom. The van der Waals surface area contributed by atoms with Gasteiger partial charge >= 0.3 is 0 Å². The van der Waals surface area contributed by atoms with E-state index < -0.39 is 5.41 Å². The zero-order chi connectivity index (χ0) is 21.9. The summed E-state index contributed by atoms with van der Waals surface area (Å²) in [4.78, 5) is 17.8. The standard InChI is InChI=1S/C26H22N2O4/c1-15-11-16(2)23-20(12-15)28-24(32-23)17-3-6-19(7-4-17)27-25(29)26(9-10-26)18-5-8-21-22(13-18)31-14-30-21/h3-8,11-13H,9-10,14H2,1-2H3,(H,27,29). The van der Waals surface area contributed by atoms with Gasteiger partial charge in [-0.2, -0.15) is 0 Å². The van der Waals surface area contributed by atoms with Crippen LogP contribution in [0.2, 0.25) is 0 Å². The topological polar surface area (TPSA) is 73.6 Å². The van der Waals surface area contributed by atoms with Gasteiger partial charge in [0.05, 0.1) is 5.41 Å². The van der Waals surface area contributed by atoms with Crippen molar-refractivity contribution in [1.29, 1.82) is 0 Å². The maximum absolute atomic E-state index is 13.1. The molecule has 0 bridgehead atoms. The van der Waals surface area contributed by atoms with Gasteiger partial charge < -0.3 is 19.2 Å². The first-order valence-corrected chi connectivity index (χ1v) is 10.7. The van der Waals surface area contributed by atoms with Crippen LogP contribution in [0.4, 0.5) is 5.69 Å². The van der Waals surface area contributed by atoms with Crippen molar-refractivity contribution in [3.8, 4) is 23.0 Å². The number of ether oxygens (including phenoxy) is 2. The number of fused-ring (bicyclic) bond motifs is 2. The maximum Gasteiger partial charge on any atom is 0.235 e. The monoisotopic (exact) mass is 426 g/mol. The van der Waals surface area contributed by atoms with Gasteiger partial charge in [0.15, 0.2) is 17.1 Å². The Kier molecular flexibility index (Phi) is 4.05. The molecule has 1 fully saturated rings. The van der Waals surface area contributed by atoms with Gasteiger partial charge in [-0.15, -0.1) is 0 Å². The summed E-state index contributed by atoms with van der Waals surface area (Å²) in [6.07, 6.45) is 1.64. The molecule has 0 unspecified atom stereocenters. The van der Waals surface area contributed by atoms with E-state index in [2.05, 4.69) is 23.3 Å².